The Bertz CT molecular complexity index is 656. The van der Waals surface area contributed by atoms with Crippen LogP contribution in [-0.4, -0.2) is 23.7 Å². The van der Waals surface area contributed by atoms with Gasteiger partial charge in [-0.05, 0) is 36.4 Å². The van der Waals surface area contributed by atoms with Gasteiger partial charge in [0.2, 0.25) is 0 Å². The number of fused-ring (bicyclic) bond motifs is 1. The zero-order valence-corrected chi connectivity index (χ0v) is 13.0. The number of hydrogen-bond acceptors (Lipinski definition) is 3. The molecule has 1 fully saturated rings. The quantitative estimate of drug-likeness (QED) is 0.736. The van der Waals surface area contributed by atoms with E-state index in [0.29, 0.717) is 6.54 Å². The summed E-state index contributed by atoms with van der Waals surface area (Å²) in [4.78, 5) is 18.0. The zero-order chi connectivity index (χ0) is 15.4. The SMILES string of the molecule is CCCCCCC1CN(c2ccc3cnccc3c2)C(=O)O1. The van der Waals surface area contributed by atoms with Crippen LogP contribution in [0, 0.1) is 0 Å². The summed E-state index contributed by atoms with van der Waals surface area (Å²) in [6.07, 6.45) is 9.18. The molecule has 0 spiro atoms. The third kappa shape index (κ3) is 3.21. The van der Waals surface area contributed by atoms with Crippen LogP contribution in [0.3, 0.4) is 0 Å². The number of carbonyl (C=O) groups excluding carboxylic acids is 1. The second-order valence-corrected chi connectivity index (χ2v) is 5.87. The molecule has 0 bridgehead atoms. The lowest BCUT2D eigenvalue weighted by Gasteiger charge is -2.13. The molecule has 0 saturated carbocycles. The second-order valence-electron chi connectivity index (χ2n) is 5.87. The van der Waals surface area contributed by atoms with E-state index in [2.05, 4.69) is 11.9 Å². The van der Waals surface area contributed by atoms with Crippen molar-refractivity contribution in [1.82, 2.24) is 4.98 Å². The van der Waals surface area contributed by atoms with Gasteiger partial charge in [-0.25, -0.2) is 4.79 Å². The first-order valence-corrected chi connectivity index (χ1v) is 8.10. The van der Waals surface area contributed by atoms with Gasteiger partial charge in [-0.2, -0.15) is 0 Å². The van der Waals surface area contributed by atoms with Gasteiger partial charge in [0.25, 0.3) is 0 Å². The average Bonchev–Trinajstić information content (AvgIpc) is 2.92. The van der Waals surface area contributed by atoms with Crippen molar-refractivity contribution in [3.8, 4) is 0 Å². The van der Waals surface area contributed by atoms with Crippen LogP contribution < -0.4 is 4.90 Å². The molecule has 0 radical (unpaired) electrons. The molecule has 1 saturated heterocycles. The van der Waals surface area contributed by atoms with E-state index in [1.54, 1.807) is 11.1 Å². The Balaban J connectivity index is 1.67. The van der Waals surface area contributed by atoms with Gasteiger partial charge in [0.05, 0.1) is 6.54 Å². The predicted octanol–water partition coefficient (Wildman–Crippen LogP) is 4.53. The number of amides is 1. The molecule has 2 heterocycles. The maximum Gasteiger partial charge on any atom is 0.414 e. The minimum atomic E-state index is -0.228. The minimum absolute atomic E-state index is 0.0255. The fourth-order valence-corrected chi connectivity index (χ4v) is 2.92. The third-order valence-electron chi connectivity index (χ3n) is 4.19. The molecule has 4 heteroatoms. The number of hydrogen-bond donors (Lipinski definition) is 0. The Morgan fingerprint density at radius 3 is 3.00 bits per heavy atom. The number of unbranched alkanes of at least 4 members (excludes halogenated alkanes) is 3. The van der Waals surface area contributed by atoms with E-state index in [0.717, 1.165) is 29.3 Å². The fourth-order valence-electron chi connectivity index (χ4n) is 2.92. The van der Waals surface area contributed by atoms with Crippen molar-refractivity contribution in [1.29, 1.82) is 0 Å². The highest BCUT2D eigenvalue weighted by molar-refractivity contribution is 5.93. The number of benzene rings is 1. The number of rotatable bonds is 6. The number of cyclic esters (lactones) is 1. The highest BCUT2D eigenvalue weighted by Gasteiger charge is 2.31. The average molecular weight is 298 g/mol. The summed E-state index contributed by atoms with van der Waals surface area (Å²) in [6, 6.07) is 7.95. The summed E-state index contributed by atoms with van der Waals surface area (Å²) in [7, 11) is 0. The molecule has 22 heavy (non-hydrogen) atoms. The number of aromatic nitrogens is 1. The number of pyridine rings is 1. The van der Waals surface area contributed by atoms with Crippen LogP contribution >= 0.6 is 0 Å². The second kappa shape index (κ2) is 6.77. The Hall–Kier alpha value is -2.10. The van der Waals surface area contributed by atoms with Crippen molar-refractivity contribution in [2.24, 2.45) is 0 Å². The van der Waals surface area contributed by atoms with E-state index in [-0.39, 0.29) is 12.2 Å². The Labute approximate surface area is 131 Å². The van der Waals surface area contributed by atoms with Gasteiger partial charge >= 0.3 is 6.09 Å². The van der Waals surface area contributed by atoms with E-state index < -0.39 is 0 Å². The summed E-state index contributed by atoms with van der Waals surface area (Å²) in [5.74, 6) is 0. The molecule has 1 unspecified atom stereocenters. The molecule has 1 aromatic carbocycles. The van der Waals surface area contributed by atoms with Crippen molar-refractivity contribution >= 4 is 22.6 Å². The van der Waals surface area contributed by atoms with Crippen LogP contribution in [0.4, 0.5) is 10.5 Å². The smallest absolute Gasteiger partial charge is 0.414 e. The Morgan fingerprint density at radius 2 is 2.14 bits per heavy atom. The van der Waals surface area contributed by atoms with Crippen LogP contribution in [0.2, 0.25) is 0 Å². The van der Waals surface area contributed by atoms with Gasteiger partial charge in [0.15, 0.2) is 0 Å². The number of anilines is 1. The van der Waals surface area contributed by atoms with Crippen LogP contribution in [0.1, 0.15) is 39.0 Å². The van der Waals surface area contributed by atoms with Gasteiger partial charge < -0.3 is 4.74 Å². The maximum atomic E-state index is 12.1. The van der Waals surface area contributed by atoms with Gasteiger partial charge in [0.1, 0.15) is 6.10 Å². The summed E-state index contributed by atoms with van der Waals surface area (Å²) >= 11 is 0. The summed E-state index contributed by atoms with van der Waals surface area (Å²) < 4.78 is 5.50. The van der Waals surface area contributed by atoms with Crippen LogP contribution in [0.25, 0.3) is 10.8 Å². The van der Waals surface area contributed by atoms with E-state index in [1.807, 2.05) is 30.5 Å². The van der Waals surface area contributed by atoms with Crippen LogP contribution in [-0.2, 0) is 4.74 Å². The highest BCUT2D eigenvalue weighted by atomic mass is 16.6. The van der Waals surface area contributed by atoms with Crippen molar-refractivity contribution in [2.45, 2.75) is 45.1 Å². The van der Waals surface area contributed by atoms with Gasteiger partial charge in [-0.15, -0.1) is 0 Å². The lowest BCUT2D eigenvalue weighted by molar-refractivity contribution is 0.135. The number of nitrogens with zero attached hydrogens (tertiary/aromatic N) is 2. The molecular weight excluding hydrogens is 276 g/mol. The molecule has 1 aliphatic heterocycles. The first-order chi connectivity index (χ1) is 10.8. The molecule has 0 aliphatic carbocycles. The molecule has 1 aromatic heterocycles. The van der Waals surface area contributed by atoms with E-state index >= 15 is 0 Å². The summed E-state index contributed by atoms with van der Waals surface area (Å²) in [5.41, 5.74) is 0.903. The monoisotopic (exact) mass is 298 g/mol. The van der Waals surface area contributed by atoms with Crippen molar-refractivity contribution in [3.05, 3.63) is 36.7 Å². The third-order valence-corrected chi connectivity index (χ3v) is 4.19. The molecule has 1 atom stereocenters. The van der Waals surface area contributed by atoms with Gasteiger partial charge in [-0.1, -0.05) is 32.3 Å². The predicted molar refractivity (Wildman–Crippen MR) is 88.1 cm³/mol. The lowest BCUT2D eigenvalue weighted by atomic mass is 10.1. The Morgan fingerprint density at radius 1 is 1.23 bits per heavy atom. The maximum absolute atomic E-state index is 12.1. The fraction of sp³-hybridized carbons (Fsp3) is 0.444. The molecule has 0 N–H and O–H groups in total. The zero-order valence-electron chi connectivity index (χ0n) is 13.0. The molecule has 2 aromatic rings. The Kier molecular flexibility index (Phi) is 4.56. The van der Waals surface area contributed by atoms with Crippen LogP contribution in [0.5, 0.6) is 0 Å². The highest BCUT2D eigenvalue weighted by Crippen LogP contribution is 2.27. The van der Waals surface area contributed by atoms with E-state index in [9.17, 15) is 4.79 Å². The first kappa shape index (κ1) is 14.8. The van der Waals surface area contributed by atoms with E-state index in [4.69, 9.17) is 4.74 Å². The standard InChI is InChI=1S/C18H22N2O2/c1-2-3-4-5-6-17-13-20(18(21)22-17)16-8-7-15-12-19-10-9-14(15)11-16/h7-12,17H,2-6,13H2,1H3. The van der Waals surface area contributed by atoms with E-state index in [1.165, 1.54) is 19.3 Å². The van der Waals surface area contributed by atoms with Crippen molar-refractivity contribution < 1.29 is 9.53 Å². The van der Waals surface area contributed by atoms with Gasteiger partial charge in [0, 0.05) is 23.5 Å². The van der Waals surface area contributed by atoms with Crippen LogP contribution in [0.15, 0.2) is 36.7 Å². The minimum Gasteiger partial charge on any atom is -0.444 e. The molecule has 1 amide bonds. The normalized spacial score (nSPS) is 18.0. The first-order valence-electron chi connectivity index (χ1n) is 8.10. The summed E-state index contributed by atoms with van der Waals surface area (Å²) in [6.45, 7) is 2.86. The lowest BCUT2D eigenvalue weighted by Crippen LogP contribution is -2.24. The molecule has 1 aliphatic rings. The summed E-state index contributed by atoms with van der Waals surface area (Å²) in [5, 5.41) is 2.17. The molecule has 116 valence electrons. The molecule has 4 nitrogen and oxygen atoms in total. The largest absolute Gasteiger partial charge is 0.444 e. The number of carbonyl (C=O) groups is 1. The molecule has 3 rings (SSSR count). The van der Waals surface area contributed by atoms with Gasteiger partial charge in [-0.3, -0.25) is 9.88 Å². The topological polar surface area (TPSA) is 42.4 Å². The van der Waals surface area contributed by atoms with Crippen molar-refractivity contribution in [2.75, 3.05) is 11.4 Å². The van der Waals surface area contributed by atoms with Crippen molar-refractivity contribution in [3.63, 3.8) is 0 Å². The number of ether oxygens (including phenoxy) is 1. The molecular formula is C18H22N2O2.